The van der Waals surface area contributed by atoms with E-state index in [1.165, 1.54) is 0 Å². The van der Waals surface area contributed by atoms with Gasteiger partial charge in [-0.3, -0.25) is 4.99 Å². The molecule has 1 heterocycles. The number of hydrogen-bond acceptors (Lipinski definition) is 5. The molecule has 180 valence electrons. The molecule has 0 spiro atoms. The standard InChI is InChI=1S/C17H34F3N5O3S.HI/c1-4-21-16(22-8-12-24(2)9-5-13-28-3)23-14-15-6-10-25(11-7-15)29(26,27)17(18,19)20;/h15H,4-14H2,1-3H3,(H2,21,22,23);1H. The van der Waals surface area contributed by atoms with Crippen LogP contribution < -0.4 is 10.6 Å². The molecule has 1 aliphatic rings. The summed E-state index contributed by atoms with van der Waals surface area (Å²) in [4.78, 5) is 6.70. The monoisotopic (exact) mass is 573 g/mol. The topological polar surface area (TPSA) is 86.3 Å². The molecule has 8 nitrogen and oxygen atoms in total. The number of sulfonamides is 1. The maximum Gasteiger partial charge on any atom is 0.511 e. The van der Waals surface area contributed by atoms with E-state index in [0.29, 0.717) is 42.7 Å². The largest absolute Gasteiger partial charge is 0.511 e. The number of halogens is 4. The molecule has 30 heavy (non-hydrogen) atoms. The Morgan fingerprint density at radius 3 is 2.40 bits per heavy atom. The minimum atomic E-state index is -5.24. The third-order valence-corrected chi connectivity index (χ3v) is 6.36. The van der Waals surface area contributed by atoms with Gasteiger partial charge in [-0.1, -0.05) is 0 Å². The van der Waals surface area contributed by atoms with Crippen molar-refractivity contribution < 1.29 is 26.3 Å². The smallest absolute Gasteiger partial charge is 0.385 e. The number of piperidine rings is 1. The predicted octanol–water partition coefficient (Wildman–Crippen LogP) is 1.69. The van der Waals surface area contributed by atoms with Crippen LogP contribution in [0.5, 0.6) is 0 Å². The Kier molecular flexibility index (Phi) is 14.5. The highest BCUT2D eigenvalue weighted by Gasteiger charge is 2.50. The van der Waals surface area contributed by atoms with Crippen molar-refractivity contribution in [3.8, 4) is 0 Å². The van der Waals surface area contributed by atoms with E-state index in [-0.39, 0.29) is 43.0 Å². The van der Waals surface area contributed by atoms with Gasteiger partial charge in [0.1, 0.15) is 0 Å². The van der Waals surface area contributed by atoms with E-state index in [0.717, 1.165) is 26.1 Å². The van der Waals surface area contributed by atoms with E-state index < -0.39 is 15.5 Å². The van der Waals surface area contributed by atoms with Gasteiger partial charge in [0.05, 0.1) is 0 Å². The van der Waals surface area contributed by atoms with Crippen molar-refractivity contribution >= 4 is 40.0 Å². The number of hydrogen-bond donors (Lipinski definition) is 2. The number of nitrogens with zero attached hydrogens (tertiary/aromatic N) is 3. The van der Waals surface area contributed by atoms with Gasteiger partial charge < -0.3 is 20.3 Å². The second-order valence-corrected chi connectivity index (χ2v) is 9.02. The number of alkyl halides is 3. The highest BCUT2D eigenvalue weighted by molar-refractivity contribution is 14.0. The lowest BCUT2D eigenvalue weighted by Crippen LogP contribution is -2.45. The Morgan fingerprint density at radius 2 is 1.87 bits per heavy atom. The molecule has 0 atom stereocenters. The third kappa shape index (κ3) is 10.3. The SMILES string of the molecule is CCNC(=NCC1CCN(S(=O)(=O)C(F)(F)F)CC1)NCCN(C)CCCOC.I. The van der Waals surface area contributed by atoms with Crippen LogP contribution in [0.2, 0.25) is 0 Å². The van der Waals surface area contributed by atoms with Crippen LogP contribution in [0, 0.1) is 5.92 Å². The quantitative estimate of drug-likeness (QED) is 0.170. The van der Waals surface area contributed by atoms with Gasteiger partial charge in [-0.15, -0.1) is 24.0 Å². The van der Waals surface area contributed by atoms with Crippen molar-refractivity contribution in [1.82, 2.24) is 19.8 Å². The minimum absolute atomic E-state index is 0. The van der Waals surface area contributed by atoms with Crippen molar-refractivity contribution in [3.05, 3.63) is 0 Å². The van der Waals surface area contributed by atoms with E-state index in [1.54, 1.807) is 7.11 Å². The van der Waals surface area contributed by atoms with Gasteiger partial charge in [0.25, 0.3) is 0 Å². The molecule has 0 aromatic rings. The van der Waals surface area contributed by atoms with Crippen molar-refractivity contribution in [3.63, 3.8) is 0 Å². The Morgan fingerprint density at radius 1 is 1.23 bits per heavy atom. The molecule has 0 aromatic heterocycles. The third-order valence-electron chi connectivity index (χ3n) is 4.73. The Bertz CT molecular complexity index is 600. The highest BCUT2D eigenvalue weighted by atomic mass is 127. The normalized spacial score (nSPS) is 17.1. The van der Waals surface area contributed by atoms with E-state index in [2.05, 4.69) is 20.5 Å². The fraction of sp³-hybridized carbons (Fsp3) is 0.941. The molecule has 0 saturated carbocycles. The number of likely N-dealkylation sites (N-methyl/N-ethyl adjacent to an activating group) is 1. The summed E-state index contributed by atoms with van der Waals surface area (Å²) >= 11 is 0. The summed E-state index contributed by atoms with van der Waals surface area (Å²) in [7, 11) is -1.52. The van der Waals surface area contributed by atoms with E-state index >= 15 is 0 Å². The second-order valence-electron chi connectivity index (χ2n) is 7.09. The summed E-state index contributed by atoms with van der Waals surface area (Å²) < 4.78 is 66.4. The van der Waals surface area contributed by atoms with Crippen LogP contribution in [0.15, 0.2) is 4.99 Å². The fourth-order valence-corrected chi connectivity index (χ4v) is 3.98. The summed E-state index contributed by atoms with van der Waals surface area (Å²) in [5.41, 5.74) is -5.24. The molecule has 1 saturated heterocycles. The van der Waals surface area contributed by atoms with Gasteiger partial charge in [-0.25, -0.2) is 8.42 Å². The second kappa shape index (κ2) is 14.6. The summed E-state index contributed by atoms with van der Waals surface area (Å²) in [5.74, 6) is 0.713. The molecule has 0 amide bonds. The minimum Gasteiger partial charge on any atom is -0.385 e. The fourth-order valence-electron chi connectivity index (χ4n) is 3.00. The molecule has 0 aliphatic carbocycles. The van der Waals surface area contributed by atoms with Crippen LogP contribution in [-0.4, -0.2) is 95.7 Å². The summed E-state index contributed by atoms with van der Waals surface area (Å²) in [6.45, 7) is 6.04. The molecule has 1 rings (SSSR count). The molecule has 0 radical (unpaired) electrons. The molecule has 0 aromatic carbocycles. The molecule has 0 bridgehead atoms. The van der Waals surface area contributed by atoms with Crippen LogP contribution in [0.1, 0.15) is 26.2 Å². The molecular formula is C17H35F3IN5O3S. The lowest BCUT2D eigenvalue weighted by atomic mass is 9.98. The van der Waals surface area contributed by atoms with Crippen molar-refractivity contribution in [2.75, 3.05) is 66.6 Å². The zero-order valence-corrected chi connectivity index (χ0v) is 21.0. The Balaban J connectivity index is 0.00000841. The average Bonchev–Trinajstić information content (AvgIpc) is 2.65. The van der Waals surface area contributed by atoms with E-state index in [9.17, 15) is 21.6 Å². The highest BCUT2D eigenvalue weighted by Crippen LogP contribution is 2.30. The molecule has 0 unspecified atom stereocenters. The molecule has 2 N–H and O–H groups in total. The first-order valence-electron chi connectivity index (χ1n) is 9.87. The summed E-state index contributed by atoms with van der Waals surface area (Å²) in [6.07, 6.45) is 1.69. The van der Waals surface area contributed by atoms with Gasteiger partial charge in [0.15, 0.2) is 5.96 Å². The van der Waals surface area contributed by atoms with Crippen molar-refractivity contribution in [2.45, 2.75) is 31.7 Å². The lowest BCUT2D eigenvalue weighted by Gasteiger charge is -2.31. The Hall–Kier alpha value is -0.380. The van der Waals surface area contributed by atoms with Crippen LogP contribution in [0.4, 0.5) is 13.2 Å². The van der Waals surface area contributed by atoms with E-state index in [4.69, 9.17) is 4.74 Å². The number of guanidine groups is 1. The first-order valence-corrected chi connectivity index (χ1v) is 11.3. The predicted molar refractivity (Wildman–Crippen MR) is 123 cm³/mol. The number of nitrogens with one attached hydrogen (secondary N) is 2. The number of rotatable bonds is 11. The van der Waals surface area contributed by atoms with Crippen molar-refractivity contribution in [2.24, 2.45) is 10.9 Å². The van der Waals surface area contributed by atoms with Crippen LogP contribution in [0.3, 0.4) is 0 Å². The van der Waals surface area contributed by atoms with Crippen LogP contribution >= 0.6 is 24.0 Å². The van der Waals surface area contributed by atoms with Gasteiger partial charge in [0, 0.05) is 59.5 Å². The maximum atomic E-state index is 12.6. The van der Waals surface area contributed by atoms with Gasteiger partial charge in [-0.2, -0.15) is 17.5 Å². The molecular weight excluding hydrogens is 538 g/mol. The summed E-state index contributed by atoms with van der Waals surface area (Å²) in [6, 6.07) is 0. The number of methoxy groups -OCH3 is 1. The summed E-state index contributed by atoms with van der Waals surface area (Å²) in [5, 5.41) is 6.39. The zero-order valence-electron chi connectivity index (χ0n) is 17.9. The molecule has 1 aliphatic heterocycles. The average molecular weight is 573 g/mol. The lowest BCUT2D eigenvalue weighted by molar-refractivity contribution is -0.0496. The van der Waals surface area contributed by atoms with Gasteiger partial charge in [-0.05, 0) is 39.2 Å². The van der Waals surface area contributed by atoms with Gasteiger partial charge >= 0.3 is 15.5 Å². The number of ether oxygens (including phenoxy) is 1. The number of aliphatic imine (C=N–C) groups is 1. The zero-order chi connectivity index (χ0) is 21.9. The van der Waals surface area contributed by atoms with Crippen LogP contribution in [-0.2, 0) is 14.8 Å². The Labute approximate surface area is 195 Å². The molecule has 13 heteroatoms. The first-order chi connectivity index (χ1) is 13.6. The maximum absolute atomic E-state index is 12.6. The van der Waals surface area contributed by atoms with Crippen LogP contribution in [0.25, 0.3) is 0 Å². The van der Waals surface area contributed by atoms with Crippen molar-refractivity contribution in [1.29, 1.82) is 0 Å². The van der Waals surface area contributed by atoms with E-state index in [1.807, 2.05) is 14.0 Å². The first kappa shape index (κ1) is 29.6. The molecule has 1 fully saturated rings. The van der Waals surface area contributed by atoms with Gasteiger partial charge in [0.2, 0.25) is 0 Å².